The fraction of sp³-hybridized carbons (Fsp3) is 0.647. The molecule has 0 heterocycles. The summed E-state index contributed by atoms with van der Waals surface area (Å²) in [7, 11) is 0. The molecule has 0 saturated heterocycles. The zero-order valence-electron chi connectivity index (χ0n) is 12.8. The minimum Gasteiger partial charge on any atom is -0.0656 e. The second-order valence-corrected chi connectivity index (χ2v) is 6.23. The highest BCUT2D eigenvalue weighted by atomic mass is 14.2. The van der Waals surface area contributed by atoms with Crippen molar-refractivity contribution in [2.24, 2.45) is 5.41 Å². The third-order valence-electron chi connectivity index (χ3n) is 2.64. The van der Waals surface area contributed by atoms with Gasteiger partial charge >= 0.3 is 0 Å². The molecule has 0 saturated carbocycles. The molecule has 0 aliphatic heterocycles. The number of aryl methyl sites for hydroxylation is 1. The summed E-state index contributed by atoms with van der Waals surface area (Å²) in [6.07, 6.45) is 2.50. The summed E-state index contributed by atoms with van der Waals surface area (Å²) in [5.41, 5.74) is 3.34. The van der Waals surface area contributed by atoms with Crippen LogP contribution in [0.25, 0.3) is 0 Å². The number of hydrogen-bond donors (Lipinski definition) is 0. The lowest BCUT2D eigenvalue weighted by Gasteiger charge is -2.24. The molecule has 17 heavy (non-hydrogen) atoms. The van der Waals surface area contributed by atoms with Crippen molar-refractivity contribution < 1.29 is 0 Å². The van der Waals surface area contributed by atoms with Crippen LogP contribution in [0.15, 0.2) is 24.3 Å². The highest BCUT2D eigenvalue weighted by Gasteiger charge is 2.17. The first kappa shape index (κ1) is 16.2. The average molecular weight is 234 g/mol. The van der Waals surface area contributed by atoms with Crippen molar-refractivity contribution in [2.45, 2.75) is 67.2 Å². The monoisotopic (exact) mass is 234 g/mol. The van der Waals surface area contributed by atoms with Gasteiger partial charge in [0.05, 0.1) is 0 Å². The Balaban J connectivity index is 0.000000770. The van der Waals surface area contributed by atoms with Crippen LogP contribution in [0.2, 0.25) is 0 Å². The molecule has 0 aromatic heterocycles. The van der Waals surface area contributed by atoms with E-state index in [9.17, 15) is 0 Å². The normalized spacial score (nSPS) is 12.6. The number of hydrogen-bond acceptors (Lipinski definition) is 0. The Morgan fingerprint density at radius 2 is 1.53 bits per heavy atom. The van der Waals surface area contributed by atoms with Crippen molar-refractivity contribution in [2.75, 3.05) is 0 Å². The van der Waals surface area contributed by atoms with Gasteiger partial charge in [0.1, 0.15) is 0 Å². The van der Waals surface area contributed by atoms with Crippen LogP contribution in [0.1, 0.15) is 71.4 Å². The van der Waals surface area contributed by atoms with E-state index >= 15 is 0 Å². The van der Waals surface area contributed by atoms with Crippen LogP contribution in [-0.2, 0) is 0 Å². The van der Waals surface area contributed by atoms with E-state index in [1.807, 2.05) is 0 Å². The van der Waals surface area contributed by atoms with Crippen LogP contribution in [-0.4, -0.2) is 0 Å². The van der Waals surface area contributed by atoms with Crippen LogP contribution in [0, 0.1) is 12.3 Å². The topological polar surface area (TPSA) is 0 Å². The van der Waals surface area contributed by atoms with Crippen LogP contribution in [0.5, 0.6) is 0 Å². The van der Waals surface area contributed by atoms with Gasteiger partial charge in [0, 0.05) is 0 Å². The first-order valence-corrected chi connectivity index (χ1v) is 6.87. The van der Waals surface area contributed by atoms with Crippen molar-refractivity contribution >= 4 is 0 Å². The predicted octanol–water partition coefficient (Wildman–Crippen LogP) is 5.95. The van der Waals surface area contributed by atoms with E-state index in [4.69, 9.17) is 0 Å². The van der Waals surface area contributed by atoms with Gasteiger partial charge in [-0.2, -0.15) is 0 Å². The molecule has 1 aromatic carbocycles. The minimum atomic E-state index is 0.418. The summed E-state index contributed by atoms with van der Waals surface area (Å²) >= 11 is 0. The molecule has 0 aliphatic carbocycles. The predicted molar refractivity (Wildman–Crippen MR) is 79.6 cm³/mol. The van der Waals surface area contributed by atoms with Crippen LogP contribution in [0.4, 0.5) is 0 Å². The summed E-state index contributed by atoms with van der Waals surface area (Å²) < 4.78 is 0. The fourth-order valence-corrected chi connectivity index (χ4v) is 2.17. The Bertz CT molecular complexity index is 304. The van der Waals surface area contributed by atoms with Crippen molar-refractivity contribution in [3.63, 3.8) is 0 Å². The smallest absolute Gasteiger partial charge is 0.0183 e. The van der Waals surface area contributed by atoms with Crippen LogP contribution in [0.3, 0.4) is 0 Å². The Hall–Kier alpha value is -0.780. The zero-order chi connectivity index (χ0) is 13.5. The molecular weight excluding hydrogens is 204 g/mol. The lowest BCUT2D eigenvalue weighted by atomic mass is 9.81. The number of benzene rings is 1. The summed E-state index contributed by atoms with van der Waals surface area (Å²) in [5.74, 6) is 0.663. The Morgan fingerprint density at radius 3 is 1.94 bits per heavy atom. The fourth-order valence-electron chi connectivity index (χ4n) is 2.17. The van der Waals surface area contributed by atoms with Gasteiger partial charge in [-0.3, -0.25) is 0 Å². The van der Waals surface area contributed by atoms with E-state index in [0.29, 0.717) is 11.3 Å². The molecule has 0 nitrogen and oxygen atoms in total. The molecule has 0 spiro atoms. The Morgan fingerprint density at radius 1 is 1.06 bits per heavy atom. The Kier molecular flexibility index (Phi) is 7.18. The van der Waals surface area contributed by atoms with Crippen molar-refractivity contribution in [1.82, 2.24) is 0 Å². The third kappa shape index (κ3) is 7.20. The van der Waals surface area contributed by atoms with Crippen molar-refractivity contribution in [1.29, 1.82) is 0 Å². The van der Waals surface area contributed by atoms with Gasteiger partial charge in [-0.25, -0.2) is 0 Å². The van der Waals surface area contributed by atoms with Gasteiger partial charge < -0.3 is 0 Å². The summed E-state index contributed by atoms with van der Waals surface area (Å²) in [4.78, 5) is 0. The van der Waals surface area contributed by atoms with Gasteiger partial charge in [0.2, 0.25) is 0 Å². The molecule has 0 aliphatic rings. The maximum atomic E-state index is 2.33. The summed E-state index contributed by atoms with van der Waals surface area (Å²) in [6.45, 7) is 15.7. The summed E-state index contributed by atoms with van der Waals surface area (Å²) in [6, 6.07) is 8.71. The standard InChI is InChI=1S/C14H22.C3H8/c1-11-8-6-7-9-13(11)12(2)10-14(3,4)5;1-3-2/h6-9,12H,10H2,1-5H3;3H2,1-2H3. The molecule has 0 radical (unpaired) electrons. The average Bonchev–Trinajstić information content (AvgIpc) is 2.16. The molecule has 0 amide bonds. The second-order valence-electron chi connectivity index (χ2n) is 6.23. The molecule has 1 atom stereocenters. The Labute approximate surface area is 108 Å². The van der Waals surface area contributed by atoms with E-state index in [2.05, 4.69) is 72.7 Å². The lowest BCUT2D eigenvalue weighted by Crippen LogP contribution is -2.10. The quantitative estimate of drug-likeness (QED) is 0.593. The molecule has 1 aromatic rings. The molecule has 0 bridgehead atoms. The first-order chi connectivity index (χ1) is 7.81. The van der Waals surface area contributed by atoms with Gasteiger partial charge in [-0.1, -0.05) is 72.2 Å². The van der Waals surface area contributed by atoms with Gasteiger partial charge in [0.25, 0.3) is 0 Å². The zero-order valence-corrected chi connectivity index (χ0v) is 12.8. The van der Waals surface area contributed by atoms with Gasteiger partial charge in [0.15, 0.2) is 0 Å². The van der Waals surface area contributed by atoms with E-state index in [1.165, 1.54) is 24.0 Å². The highest BCUT2D eigenvalue weighted by molar-refractivity contribution is 5.28. The van der Waals surface area contributed by atoms with Crippen LogP contribution < -0.4 is 0 Å². The number of rotatable bonds is 2. The van der Waals surface area contributed by atoms with Crippen molar-refractivity contribution in [3.8, 4) is 0 Å². The van der Waals surface area contributed by atoms with Gasteiger partial charge in [-0.15, -0.1) is 0 Å². The van der Waals surface area contributed by atoms with E-state index in [-0.39, 0.29) is 0 Å². The van der Waals surface area contributed by atoms with Crippen LogP contribution >= 0.6 is 0 Å². The highest BCUT2D eigenvalue weighted by Crippen LogP contribution is 2.31. The molecular formula is C17H30. The third-order valence-corrected chi connectivity index (χ3v) is 2.64. The molecule has 0 fully saturated rings. The lowest BCUT2D eigenvalue weighted by molar-refractivity contribution is 0.348. The largest absolute Gasteiger partial charge is 0.0656 e. The SMILES string of the molecule is CCC.Cc1ccccc1C(C)CC(C)(C)C. The molecule has 1 unspecified atom stereocenters. The van der Waals surface area contributed by atoms with Gasteiger partial charge in [-0.05, 0) is 35.8 Å². The van der Waals surface area contributed by atoms with E-state index in [1.54, 1.807) is 0 Å². The van der Waals surface area contributed by atoms with E-state index in [0.717, 1.165) is 0 Å². The maximum Gasteiger partial charge on any atom is -0.0183 e. The molecule has 0 N–H and O–H groups in total. The second kappa shape index (κ2) is 7.53. The molecule has 0 heteroatoms. The molecule has 1 rings (SSSR count). The van der Waals surface area contributed by atoms with E-state index < -0.39 is 0 Å². The summed E-state index contributed by atoms with van der Waals surface area (Å²) in [5, 5.41) is 0. The minimum absolute atomic E-state index is 0.418. The first-order valence-electron chi connectivity index (χ1n) is 6.87. The maximum absolute atomic E-state index is 2.33. The van der Waals surface area contributed by atoms with Crippen molar-refractivity contribution in [3.05, 3.63) is 35.4 Å². The molecule has 98 valence electrons.